The summed E-state index contributed by atoms with van der Waals surface area (Å²) in [7, 11) is 2.44. The standard InChI is InChI=1S/C73H63NO6S3/c1-74-35-72-48-14-15-49-46-12-10-44-42-8-6-40-39-5-7-41-43-9-11-45(48)57-55(43)60-53(41)51(39)59-52(40)54(42)61-56(44)58(46)68(66-64(61)62(59)63(60)65(66)67(57)72)73(49,72)71(74)47-13-16-50(78-26-2-23-75-36-17-29-81-30-18-36)70(80-28-4-25-77-38-21-33-83-34-22-38)69(47)79-27-3-24-76-37-19-31-82-32-20-37/h5-16,36-38,71H,2-4,17-35H2,1H3. The molecule has 7 nitrogen and oxygen atoms in total. The number of nitrogens with zero attached hydrogens (tertiary/aromatic N) is 1. The molecule has 0 aromatic heterocycles. The van der Waals surface area contributed by atoms with Gasteiger partial charge in [0.1, 0.15) is 0 Å². The van der Waals surface area contributed by atoms with Crippen LogP contribution in [0.3, 0.4) is 0 Å². The zero-order valence-corrected chi connectivity index (χ0v) is 49.4. The van der Waals surface area contributed by atoms with E-state index in [0.717, 1.165) is 81.6 Å². The Morgan fingerprint density at radius 1 is 0.410 bits per heavy atom. The van der Waals surface area contributed by atoms with Gasteiger partial charge in [0.05, 0.1) is 74.8 Å². The second-order valence-electron chi connectivity index (χ2n) is 26.0. The summed E-state index contributed by atoms with van der Waals surface area (Å²) in [5, 5.41) is 35.6. The van der Waals surface area contributed by atoms with Crippen LogP contribution in [0.25, 0.3) is 130 Å². The third kappa shape index (κ3) is 5.57. The van der Waals surface area contributed by atoms with E-state index in [9.17, 15) is 0 Å². The van der Waals surface area contributed by atoms with Crippen LogP contribution in [0.5, 0.6) is 17.2 Å². The van der Waals surface area contributed by atoms with E-state index in [1.165, 1.54) is 169 Å². The van der Waals surface area contributed by atoms with E-state index < -0.39 is 5.41 Å². The molecule has 0 radical (unpaired) electrons. The molecule has 8 aliphatic rings. The molecule has 13 aromatic carbocycles. The van der Waals surface area contributed by atoms with Crippen LogP contribution in [0.4, 0.5) is 0 Å². The summed E-state index contributed by atoms with van der Waals surface area (Å²) >= 11 is 6.14. The van der Waals surface area contributed by atoms with Gasteiger partial charge < -0.3 is 28.4 Å². The minimum Gasteiger partial charge on any atom is -0.489 e. The lowest BCUT2D eigenvalue weighted by Gasteiger charge is -2.52. The van der Waals surface area contributed by atoms with Gasteiger partial charge >= 0.3 is 0 Å². The van der Waals surface area contributed by atoms with Gasteiger partial charge in [0.25, 0.3) is 0 Å². The first kappa shape index (κ1) is 47.8. The number of likely N-dealkylation sites (N-methyl/N-ethyl adjacent to an activating group) is 1. The number of benzene rings is 9. The molecule has 4 heterocycles. The van der Waals surface area contributed by atoms with Crippen LogP contribution in [0.1, 0.15) is 80.5 Å². The second-order valence-corrected chi connectivity index (χ2v) is 29.7. The molecule has 414 valence electrons. The Morgan fingerprint density at radius 3 is 1.35 bits per heavy atom. The molecule has 0 bridgehead atoms. The first-order valence-electron chi connectivity index (χ1n) is 31.4. The van der Waals surface area contributed by atoms with Crippen LogP contribution in [0.15, 0.2) is 72.8 Å². The number of hydrogen-bond donors (Lipinski definition) is 0. The fraction of sp³-hybridized carbons (Fsp3) is 0.397. The smallest absolute Gasteiger partial charge is 0.203 e. The van der Waals surface area contributed by atoms with Gasteiger partial charge in [0, 0.05) is 31.4 Å². The van der Waals surface area contributed by atoms with Crippen molar-refractivity contribution in [3.63, 3.8) is 0 Å². The number of ether oxygens (including phenoxy) is 6. The van der Waals surface area contributed by atoms with Crippen LogP contribution in [-0.4, -0.2) is 111 Å². The summed E-state index contributed by atoms with van der Waals surface area (Å²) in [6.07, 6.45) is 15.3. The van der Waals surface area contributed by atoms with Crippen molar-refractivity contribution in [1.82, 2.24) is 4.90 Å². The van der Waals surface area contributed by atoms with E-state index in [4.69, 9.17) is 28.4 Å². The highest BCUT2D eigenvalue weighted by Crippen LogP contribution is 2.79. The quantitative estimate of drug-likeness (QED) is 0.0578. The van der Waals surface area contributed by atoms with E-state index in [1.807, 2.05) is 23.5 Å². The van der Waals surface area contributed by atoms with E-state index >= 15 is 0 Å². The predicted molar refractivity (Wildman–Crippen MR) is 348 cm³/mol. The van der Waals surface area contributed by atoms with Gasteiger partial charge in [-0.25, -0.2) is 0 Å². The third-order valence-corrected chi connectivity index (χ3v) is 25.6. The Labute approximate surface area is 493 Å². The van der Waals surface area contributed by atoms with Crippen molar-refractivity contribution < 1.29 is 28.4 Å². The minimum absolute atomic E-state index is 0.122. The first-order valence-corrected chi connectivity index (χ1v) is 34.9. The zero-order chi connectivity index (χ0) is 53.8. The maximum absolute atomic E-state index is 7.55. The lowest BCUT2D eigenvalue weighted by Crippen LogP contribution is -2.52. The number of rotatable bonds is 19. The van der Waals surface area contributed by atoms with Crippen molar-refractivity contribution in [2.75, 3.05) is 87.8 Å². The van der Waals surface area contributed by atoms with E-state index in [-0.39, 0.29) is 11.5 Å². The Balaban J connectivity index is 0.799. The van der Waals surface area contributed by atoms with E-state index in [2.05, 4.69) is 96.5 Å². The Morgan fingerprint density at radius 2 is 0.819 bits per heavy atom. The van der Waals surface area contributed by atoms with Crippen LogP contribution < -0.4 is 24.6 Å². The lowest BCUT2D eigenvalue weighted by atomic mass is 9.47. The summed E-state index contributed by atoms with van der Waals surface area (Å²) in [6, 6.07) is 24.6. The van der Waals surface area contributed by atoms with E-state index in [1.54, 1.807) is 21.9 Å². The summed E-state index contributed by atoms with van der Waals surface area (Å²) in [6.45, 7) is 4.46. The zero-order valence-electron chi connectivity index (χ0n) is 46.9. The largest absolute Gasteiger partial charge is 0.489 e. The molecule has 4 aliphatic carbocycles. The molecule has 3 atom stereocenters. The molecule has 0 N–H and O–H groups in total. The van der Waals surface area contributed by atoms with Crippen LogP contribution >= 0.6 is 35.3 Å². The van der Waals surface area contributed by atoms with Gasteiger partial charge in [-0.15, -0.1) is 0 Å². The summed E-state index contributed by atoms with van der Waals surface area (Å²) in [5.41, 5.74) is 6.42. The maximum atomic E-state index is 7.55. The molecular formula is C73H63NO6S3. The van der Waals surface area contributed by atoms with Crippen LogP contribution in [-0.2, 0) is 25.0 Å². The van der Waals surface area contributed by atoms with Crippen molar-refractivity contribution in [2.24, 2.45) is 0 Å². The average molecular weight is 1150 g/mol. The van der Waals surface area contributed by atoms with Crippen molar-refractivity contribution in [2.45, 2.75) is 93.0 Å². The van der Waals surface area contributed by atoms with Crippen molar-refractivity contribution >= 4 is 165 Å². The molecule has 13 aromatic rings. The third-order valence-electron chi connectivity index (χ3n) is 22.5. The van der Waals surface area contributed by atoms with E-state index in [0.29, 0.717) is 58.0 Å². The van der Waals surface area contributed by atoms with Gasteiger partial charge in [-0.3, -0.25) is 4.90 Å². The number of hydrogen-bond acceptors (Lipinski definition) is 10. The molecule has 0 saturated carbocycles. The number of thioether (sulfide) groups is 3. The molecule has 3 unspecified atom stereocenters. The van der Waals surface area contributed by atoms with Crippen molar-refractivity contribution in [3.8, 4) is 17.2 Å². The number of fused-ring (bicyclic) bond motifs is 3. The maximum Gasteiger partial charge on any atom is 0.203 e. The first-order chi connectivity index (χ1) is 41.2. The Hall–Kier alpha value is -5.43. The highest BCUT2D eigenvalue weighted by Gasteiger charge is 2.74. The second kappa shape index (κ2) is 17.0. The highest BCUT2D eigenvalue weighted by molar-refractivity contribution is 7.99. The summed E-state index contributed by atoms with van der Waals surface area (Å²) < 4.78 is 41.5. The molecule has 4 fully saturated rings. The molecule has 21 rings (SSSR count). The molecule has 83 heavy (non-hydrogen) atoms. The average Bonchev–Trinajstić information content (AvgIpc) is 1.42. The highest BCUT2D eigenvalue weighted by atomic mass is 32.2. The summed E-state index contributed by atoms with van der Waals surface area (Å²) in [5.74, 6) is 9.38. The molecular weight excluding hydrogens is 1080 g/mol. The SMILES string of the molecule is CN1CC23C4=c5ccc6c7ccc8c9ccc%10c%11ccc%12c%13c(c%14c%15c2c5c6c2c7c8c5c9c%10c(c%13%11)c%14c5c%152)C3(C=%12C=C4)C1c1ccc(OCCCOC2CCSCC2)c(OCCCOC2CCSCC2)c1OCCCOC1CCSCC1. The molecule has 0 amide bonds. The Bertz CT molecular complexity index is 4980. The summed E-state index contributed by atoms with van der Waals surface area (Å²) in [4.78, 5) is 2.77. The lowest BCUT2D eigenvalue weighted by molar-refractivity contribution is 0.0380. The number of allylic oxidation sites excluding steroid dienone is 2. The fourth-order valence-corrected chi connectivity index (χ4v) is 23.0. The topological polar surface area (TPSA) is 58.6 Å². The predicted octanol–water partition coefficient (Wildman–Crippen LogP) is 15.0. The molecule has 10 heteroatoms. The van der Waals surface area contributed by atoms with Crippen molar-refractivity contribution in [1.29, 1.82) is 0 Å². The van der Waals surface area contributed by atoms with Gasteiger partial charge in [-0.2, -0.15) is 35.3 Å². The van der Waals surface area contributed by atoms with Crippen LogP contribution in [0, 0.1) is 0 Å². The molecule has 4 aliphatic heterocycles. The minimum atomic E-state index is -0.506. The monoisotopic (exact) mass is 1150 g/mol. The van der Waals surface area contributed by atoms with Gasteiger partial charge in [-0.1, -0.05) is 60.7 Å². The molecule has 2 spiro atoms. The Kier molecular flexibility index (Phi) is 9.76. The van der Waals surface area contributed by atoms with Gasteiger partial charge in [0.2, 0.25) is 5.75 Å². The fourth-order valence-electron chi connectivity index (χ4n) is 19.8. The normalized spacial score (nSPS) is 23.9. The van der Waals surface area contributed by atoms with Crippen LogP contribution in [0.2, 0.25) is 0 Å². The molecule has 4 saturated heterocycles. The number of likely N-dealkylation sites (tertiary alicyclic amines) is 1. The van der Waals surface area contributed by atoms with Gasteiger partial charge in [0.15, 0.2) is 11.5 Å². The van der Waals surface area contributed by atoms with Gasteiger partial charge in [-0.05, 0) is 243 Å². The van der Waals surface area contributed by atoms with Crippen molar-refractivity contribution in [3.05, 3.63) is 99.9 Å².